The first-order valence-corrected chi connectivity index (χ1v) is 8.17. The van der Waals surface area contributed by atoms with Gasteiger partial charge in [-0.1, -0.05) is 30.3 Å². The fourth-order valence-corrected chi connectivity index (χ4v) is 2.50. The molecule has 0 radical (unpaired) electrons. The van der Waals surface area contributed by atoms with Gasteiger partial charge in [-0.3, -0.25) is 14.9 Å². The van der Waals surface area contributed by atoms with E-state index in [4.69, 9.17) is 4.74 Å². The van der Waals surface area contributed by atoms with E-state index in [1.165, 1.54) is 0 Å². The van der Waals surface area contributed by atoms with E-state index in [1.54, 1.807) is 12.4 Å². The molecule has 0 unspecified atom stereocenters. The molecule has 128 valence electrons. The summed E-state index contributed by atoms with van der Waals surface area (Å²) < 4.78 is 5.56. The zero-order valence-electron chi connectivity index (χ0n) is 14.0. The average Bonchev–Trinajstić information content (AvgIpc) is 3.04. The molecule has 2 aromatic heterocycles. The van der Waals surface area contributed by atoms with Crippen LogP contribution in [0.2, 0.25) is 0 Å². The molecule has 6 heteroatoms. The first-order valence-electron chi connectivity index (χ1n) is 8.17. The highest BCUT2D eigenvalue weighted by atomic mass is 16.5. The Balaban J connectivity index is 1.54. The zero-order valence-corrected chi connectivity index (χ0v) is 14.0. The maximum Gasteiger partial charge on any atom is 0.255 e. The highest BCUT2D eigenvalue weighted by Crippen LogP contribution is 2.23. The number of aromatic nitrogens is 3. The second-order valence-corrected chi connectivity index (χ2v) is 5.58. The molecule has 0 aliphatic rings. The summed E-state index contributed by atoms with van der Waals surface area (Å²) >= 11 is 0. The van der Waals surface area contributed by atoms with E-state index in [9.17, 15) is 4.79 Å². The summed E-state index contributed by atoms with van der Waals surface area (Å²) in [5, 5.41) is 10.1. The van der Waals surface area contributed by atoms with Crippen LogP contribution in [0.5, 0.6) is 5.75 Å². The maximum atomic E-state index is 12.5. The SMILES string of the molecule is Cc1[nH]nc(-c2ccccc2)c1C(=O)NCCCOc1cccnc1. The lowest BCUT2D eigenvalue weighted by atomic mass is 10.1. The number of ether oxygens (including phenoxy) is 1. The van der Waals surface area contributed by atoms with Gasteiger partial charge in [0, 0.05) is 24.0 Å². The Kier molecular flexibility index (Phi) is 5.41. The second-order valence-electron chi connectivity index (χ2n) is 5.58. The molecule has 0 atom stereocenters. The standard InChI is InChI=1S/C19H20N4O2/c1-14-17(18(23-22-14)15-7-3-2-4-8-15)19(24)21-11-6-12-25-16-9-5-10-20-13-16/h2-5,7-10,13H,6,11-12H2,1H3,(H,21,24)(H,22,23). The van der Waals surface area contributed by atoms with E-state index < -0.39 is 0 Å². The van der Waals surface area contributed by atoms with Gasteiger partial charge in [0.1, 0.15) is 11.4 Å². The number of nitrogens with zero attached hydrogens (tertiary/aromatic N) is 2. The fraction of sp³-hybridized carbons (Fsp3) is 0.211. The van der Waals surface area contributed by atoms with Crippen molar-refractivity contribution >= 4 is 5.91 Å². The smallest absolute Gasteiger partial charge is 0.255 e. The fourth-order valence-electron chi connectivity index (χ4n) is 2.50. The van der Waals surface area contributed by atoms with Crippen LogP contribution in [0.3, 0.4) is 0 Å². The minimum absolute atomic E-state index is 0.133. The number of rotatable bonds is 7. The molecule has 0 spiro atoms. The lowest BCUT2D eigenvalue weighted by molar-refractivity contribution is 0.0951. The number of hydrogen-bond donors (Lipinski definition) is 2. The van der Waals surface area contributed by atoms with E-state index >= 15 is 0 Å². The Labute approximate surface area is 146 Å². The average molecular weight is 336 g/mol. The maximum absolute atomic E-state index is 12.5. The molecule has 0 saturated carbocycles. The Morgan fingerprint density at radius 2 is 2.04 bits per heavy atom. The summed E-state index contributed by atoms with van der Waals surface area (Å²) in [4.78, 5) is 16.5. The summed E-state index contributed by atoms with van der Waals surface area (Å²) in [6.45, 7) is 2.89. The number of hydrogen-bond acceptors (Lipinski definition) is 4. The number of H-pyrrole nitrogens is 1. The molecule has 0 fully saturated rings. The predicted molar refractivity (Wildman–Crippen MR) is 95.4 cm³/mol. The molecule has 0 aliphatic carbocycles. The molecule has 6 nitrogen and oxygen atoms in total. The summed E-state index contributed by atoms with van der Waals surface area (Å²) in [6.07, 6.45) is 4.07. The van der Waals surface area contributed by atoms with Crippen molar-refractivity contribution in [1.29, 1.82) is 0 Å². The largest absolute Gasteiger partial charge is 0.492 e. The number of benzene rings is 1. The number of aryl methyl sites for hydroxylation is 1. The number of nitrogens with one attached hydrogen (secondary N) is 2. The molecule has 3 aromatic rings. The third-order valence-corrected chi connectivity index (χ3v) is 3.73. The molecule has 1 aromatic carbocycles. The van der Waals surface area contributed by atoms with Crippen molar-refractivity contribution in [2.45, 2.75) is 13.3 Å². The summed E-state index contributed by atoms with van der Waals surface area (Å²) in [5.74, 6) is 0.595. The van der Waals surface area contributed by atoms with Crippen molar-refractivity contribution in [1.82, 2.24) is 20.5 Å². The molecule has 2 N–H and O–H groups in total. The van der Waals surface area contributed by atoms with Crippen LogP contribution in [0.4, 0.5) is 0 Å². The number of aromatic amines is 1. The van der Waals surface area contributed by atoms with Gasteiger partial charge in [0.05, 0.1) is 18.4 Å². The van der Waals surface area contributed by atoms with Crippen LogP contribution in [0.25, 0.3) is 11.3 Å². The zero-order chi connectivity index (χ0) is 17.5. The van der Waals surface area contributed by atoms with Gasteiger partial charge in [-0.25, -0.2) is 0 Å². The van der Waals surface area contributed by atoms with Crippen LogP contribution in [0.1, 0.15) is 22.5 Å². The first kappa shape index (κ1) is 16.7. The van der Waals surface area contributed by atoms with Crippen molar-refractivity contribution in [2.75, 3.05) is 13.2 Å². The van der Waals surface area contributed by atoms with Crippen molar-refractivity contribution in [3.05, 3.63) is 66.1 Å². The summed E-state index contributed by atoms with van der Waals surface area (Å²) in [7, 11) is 0. The Morgan fingerprint density at radius 3 is 2.80 bits per heavy atom. The summed E-state index contributed by atoms with van der Waals surface area (Å²) in [5.41, 5.74) is 2.92. The minimum Gasteiger partial charge on any atom is -0.492 e. The van der Waals surface area contributed by atoms with Crippen molar-refractivity contribution in [3.8, 4) is 17.0 Å². The number of amides is 1. The van der Waals surface area contributed by atoms with Crippen LogP contribution in [-0.4, -0.2) is 34.2 Å². The van der Waals surface area contributed by atoms with Crippen LogP contribution in [-0.2, 0) is 0 Å². The Morgan fingerprint density at radius 1 is 1.20 bits per heavy atom. The second kappa shape index (κ2) is 8.10. The van der Waals surface area contributed by atoms with E-state index in [0.717, 1.165) is 17.0 Å². The third kappa shape index (κ3) is 4.23. The third-order valence-electron chi connectivity index (χ3n) is 3.73. The quantitative estimate of drug-likeness (QED) is 0.650. The highest BCUT2D eigenvalue weighted by molar-refractivity contribution is 6.01. The van der Waals surface area contributed by atoms with Gasteiger partial charge in [-0.05, 0) is 25.5 Å². The van der Waals surface area contributed by atoms with Gasteiger partial charge < -0.3 is 10.1 Å². The van der Waals surface area contributed by atoms with Gasteiger partial charge in [0.15, 0.2) is 0 Å². The van der Waals surface area contributed by atoms with E-state index in [0.29, 0.717) is 30.8 Å². The molecular weight excluding hydrogens is 316 g/mol. The van der Waals surface area contributed by atoms with Gasteiger partial charge in [-0.15, -0.1) is 0 Å². The van der Waals surface area contributed by atoms with Gasteiger partial charge in [0.25, 0.3) is 5.91 Å². The number of pyridine rings is 1. The molecular formula is C19H20N4O2. The van der Waals surface area contributed by atoms with E-state index in [2.05, 4.69) is 20.5 Å². The van der Waals surface area contributed by atoms with Crippen LogP contribution >= 0.6 is 0 Å². The Hall–Kier alpha value is -3.15. The molecule has 25 heavy (non-hydrogen) atoms. The summed E-state index contributed by atoms with van der Waals surface area (Å²) in [6, 6.07) is 13.3. The Bertz CT molecular complexity index is 816. The molecule has 2 heterocycles. The van der Waals surface area contributed by atoms with Gasteiger partial charge in [-0.2, -0.15) is 5.10 Å². The molecule has 3 rings (SSSR count). The van der Waals surface area contributed by atoms with Crippen LogP contribution in [0, 0.1) is 6.92 Å². The lowest BCUT2D eigenvalue weighted by Gasteiger charge is -2.08. The number of carbonyl (C=O) groups is 1. The van der Waals surface area contributed by atoms with E-state index in [-0.39, 0.29) is 5.91 Å². The van der Waals surface area contributed by atoms with Crippen molar-refractivity contribution < 1.29 is 9.53 Å². The topological polar surface area (TPSA) is 79.9 Å². The first-order chi connectivity index (χ1) is 12.3. The minimum atomic E-state index is -0.133. The predicted octanol–water partition coefficient (Wildman–Crippen LogP) is 2.98. The van der Waals surface area contributed by atoms with Gasteiger partial charge >= 0.3 is 0 Å². The molecule has 0 bridgehead atoms. The lowest BCUT2D eigenvalue weighted by Crippen LogP contribution is -2.26. The van der Waals surface area contributed by atoms with Crippen molar-refractivity contribution in [3.63, 3.8) is 0 Å². The van der Waals surface area contributed by atoms with Crippen molar-refractivity contribution in [2.24, 2.45) is 0 Å². The van der Waals surface area contributed by atoms with Crippen LogP contribution < -0.4 is 10.1 Å². The normalized spacial score (nSPS) is 10.4. The van der Waals surface area contributed by atoms with Gasteiger partial charge in [0.2, 0.25) is 0 Å². The highest BCUT2D eigenvalue weighted by Gasteiger charge is 2.18. The molecule has 1 amide bonds. The molecule has 0 aliphatic heterocycles. The van der Waals surface area contributed by atoms with E-state index in [1.807, 2.05) is 49.4 Å². The van der Waals surface area contributed by atoms with Crippen LogP contribution in [0.15, 0.2) is 54.9 Å². The molecule has 0 saturated heterocycles. The number of carbonyl (C=O) groups excluding carboxylic acids is 1. The monoisotopic (exact) mass is 336 g/mol.